The number of ether oxygens (including phenoxy) is 1. The summed E-state index contributed by atoms with van der Waals surface area (Å²) in [6.45, 7) is 3.73. The molecule has 4 heteroatoms. The van der Waals surface area contributed by atoms with Crippen LogP contribution in [-0.4, -0.2) is 18.3 Å². The van der Waals surface area contributed by atoms with E-state index >= 15 is 0 Å². The quantitative estimate of drug-likeness (QED) is 0.715. The summed E-state index contributed by atoms with van der Waals surface area (Å²) in [4.78, 5) is 13.0. The minimum absolute atomic E-state index is 0.0849. The highest BCUT2D eigenvalue weighted by atomic mass is 16.5. The molecule has 2 aliphatic rings. The van der Waals surface area contributed by atoms with Crippen LogP contribution in [0.5, 0.6) is 5.75 Å². The van der Waals surface area contributed by atoms with Gasteiger partial charge in [0.1, 0.15) is 11.5 Å². The Morgan fingerprint density at radius 2 is 1.96 bits per heavy atom. The number of rotatable bonds is 7. The maximum absolute atomic E-state index is 13.0. The molecule has 1 aliphatic carbocycles. The third kappa shape index (κ3) is 4.17. The average Bonchev–Trinajstić information content (AvgIpc) is 3.55. The van der Waals surface area contributed by atoms with Gasteiger partial charge >= 0.3 is 5.63 Å². The average molecular weight is 383 g/mol. The fourth-order valence-electron chi connectivity index (χ4n) is 4.64. The van der Waals surface area contributed by atoms with Crippen LogP contribution in [0, 0.1) is 11.8 Å². The number of aromatic hydroxyl groups is 1. The first-order chi connectivity index (χ1) is 13.7. The lowest BCUT2D eigenvalue weighted by atomic mass is 9.85. The van der Waals surface area contributed by atoms with Gasteiger partial charge in [0.15, 0.2) is 0 Å². The van der Waals surface area contributed by atoms with Crippen molar-refractivity contribution in [3.05, 3.63) is 63.7 Å². The van der Waals surface area contributed by atoms with Crippen LogP contribution in [0.4, 0.5) is 0 Å². The van der Waals surface area contributed by atoms with Gasteiger partial charge in [-0.05, 0) is 55.9 Å². The lowest BCUT2D eigenvalue weighted by Crippen LogP contribution is -2.21. The predicted octanol–water partition coefficient (Wildman–Crippen LogP) is 5.20. The lowest BCUT2D eigenvalue weighted by molar-refractivity contribution is 0.0477. The number of benzene rings is 1. The van der Waals surface area contributed by atoms with Gasteiger partial charge in [-0.2, -0.15) is 0 Å². The Kier molecular flexibility index (Phi) is 5.86. The molecule has 2 fully saturated rings. The van der Waals surface area contributed by atoms with Gasteiger partial charge in [0.05, 0.1) is 5.56 Å². The van der Waals surface area contributed by atoms with Crippen LogP contribution in [0.2, 0.25) is 0 Å². The van der Waals surface area contributed by atoms with Crippen LogP contribution >= 0.6 is 0 Å². The van der Waals surface area contributed by atoms with E-state index in [0.29, 0.717) is 23.2 Å². The van der Waals surface area contributed by atoms with E-state index in [2.05, 4.69) is 6.92 Å². The zero-order valence-electron chi connectivity index (χ0n) is 16.6. The first kappa shape index (κ1) is 19.3. The molecule has 1 saturated heterocycles. The largest absolute Gasteiger partial charge is 0.507 e. The zero-order chi connectivity index (χ0) is 19.5. The topological polar surface area (TPSA) is 59.7 Å². The highest BCUT2D eigenvalue weighted by molar-refractivity contribution is 5.41. The van der Waals surface area contributed by atoms with E-state index in [9.17, 15) is 9.90 Å². The minimum atomic E-state index is -0.380. The Morgan fingerprint density at radius 1 is 1.18 bits per heavy atom. The lowest BCUT2D eigenvalue weighted by Gasteiger charge is -2.26. The van der Waals surface area contributed by atoms with Gasteiger partial charge in [-0.25, -0.2) is 4.79 Å². The molecule has 28 heavy (non-hydrogen) atoms. The molecule has 3 atom stereocenters. The monoisotopic (exact) mass is 382 g/mol. The van der Waals surface area contributed by atoms with Crippen molar-refractivity contribution < 1.29 is 14.3 Å². The molecule has 1 aromatic heterocycles. The SMILES string of the molecule is CCC(CC1CCCOC1)c1cc(O)c(C(c2ccccc2)C2CC2)c(=O)o1. The molecule has 0 amide bonds. The zero-order valence-corrected chi connectivity index (χ0v) is 16.6. The van der Waals surface area contributed by atoms with Crippen LogP contribution in [0.3, 0.4) is 0 Å². The Bertz CT molecular complexity index is 831. The third-order valence-corrected chi connectivity index (χ3v) is 6.32. The minimum Gasteiger partial charge on any atom is -0.507 e. The molecule has 2 heterocycles. The van der Waals surface area contributed by atoms with E-state index in [1.807, 2.05) is 30.3 Å². The Balaban J connectivity index is 1.63. The van der Waals surface area contributed by atoms with Crippen molar-refractivity contribution >= 4 is 0 Å². The van der Waals surface area contributed by atoms with E-state index in [1.165, 1.54) is 0 Å². The van der Waals surface area contributed by atoms with E-state index in [4.69, 9.17) is 9.15 Å². The molecular weight excluding hydrogens is 352 g/mol. The van der Waals surface area contributed by atoms with Gasteiger partial charge in [-0.1, -0.05) is 37.3 Å². The first-order valence-electron chi connectivity index (χ1n) is 10.7. The van der Waals surface area contributed by atoms with Crippen molar-refractivity contribution in [2.75, 3.05) is 13.2 Å². The van der Waals surface area contributed by atoms with E-state index in [-0.39, 0.29) is 23.2 Å². The highest BCUT2D eigenvalue weighted by Gasteiger charge is 2.37. The van der Waals surface area contributed by atoms with Gasteiger partial charge in [-0.3, -0.25) is 0 Å². The van der Waals surface area contributed by atoms with Gasteiger partial charge in [0.2, 0.25) is 0 Å². The molecule has 1 N–H and O–H groups in total. The van der Waals surface area contributed by atoms with Gasteiger partial charge in [-0.15, -0.1) is 0 Å². The summed E-state index contributed by atoms with van der Waals surface area (Å²) in [6.07, 6.45) is 6.22. The second-order valence-corrected chi connectivity index (χ2v) is 8.38. The first-order valence-corrected chi connectivity index (χ1v) is 10.7. The second kappa shape index (κ2) is 8.52. The van der Waals surface area contributed by atoms with Crippen LogP contribution in [0.1, 0.15) is 74.2 Å². The fourth-order valence-corrected chi connectivity index (χ4v) is 4.64. The molecule has 0 radical (unpaired) electrons. The third-order valence-electron chi connectivity index (χ3n) is 6.32. The molecule has 4 rings (SSSR count). The molecule has 3 unspecified atom stereocenters. The Hall–Kier alpha value is -2.07. The van der Waals surface area contributed by atoms with Gasteiger partial charge in [0, 0.05) is 31.1 Å². The molecule has 0 bridgehead atoms. The van der Waals surface area contributed by atoms with E-state index in [1.54, 1.807) is 6.07 Å². The van der Waals surface area contributed by atoms with E-state index in [0.717, 1.165) is 57.3 Å². The normalized spacial score (nSPS) is 22.0. The number of hydrogen-bond acceptors (Lipinski definition) is 4. The summed E-state index contributed by atoms with van der Waals surface area (Å²) < 4.78 is 11.4. The Morgan fingerprint density at radius 3 is 2.57 bits per heavy atom. The van der Waals surface area contributed by atoms with Crippen LogP contribution < -0.4 is 5.63 Å². The molecule has 4 nitrogen and oxygen atoms in total. The smallest absolute Gasteiger partial charge is 0.343 e. The summed E-state index contributed by atoms with van der Waals surface area (Å²) in [7, 11) is 0. The summed E-state index contributed by atoms with van der Waals surface area (Å²) in [5.74, 6) is 1.65. The van der Waals surface area contributed by atoms with Gasteiger partial charge in [0.25, 0.3) is 0 Å². The van der Waals surface area contributed by atoms with Crippen molar-refractivity contribution in [1.82, 2.24) is 0 Å². The molecule has 0 spiro atoms. The van der Waals surface area contributed by atoms with Crippen LogP contribution in [0.25, 0.3) is 0 Å². The summed E-state index contributed by atoms with van der Waals surface area (Å²) in [5.41, 5.74) is 1.12. The van der Waals surface area contributed by atoms with Gasteiger partial charge < -0.3 is 14.3 Å². The molecule has 1 aromatic carbocycles. The molecule has 1 saturated carbocycles. The molecule has 2 aromatic rings. The maximum Gasteiger partial charge on any atom is 0.343 e. The van der Waals surface area contributed by atoms with E-state index < -0.39 is 0 Å². The van der Waals surface area contributed by atoms with Crippen molar-refractivity contribution in [1.29, 1.82) is 0 Å². The van der Waals surface area contributed by atoms with Crippen LogP contribution in [-0.2, 0) is 4.74 Å². The summed E-state index contributed by atoms with van der Waals surface area (Å²) in [5, 5.41) is 10.8. The highest BCUT2D eigenvalue weighted by Crippen LogP contribution is 2.47. The Labute approximate surface area is 166 Å². The van der Waals surface area contributed by atoms with Crippen molar-refractivity contribution in [3.63, 3.8) is 0 Å². The van der Waals surface area contributed by atoms with Crippen LogP contribution in [0.15, 0.2) is 45.6 Å². The molecular formula is C24H30O4. The summed E-state index contributed by atoms with van der Waals surface area (Å²) >= 11 is 0. The summed E-state index contributed by atoms with van der Waals surface area (Å²) in [6, 6.07) is 11.7. The fraction of sp³-hybridized carbons (Fsp3) is 0.542. The van der Waals surface area contributed by atoms with Crippen molar-refractivity contribution in [3.8, 4) is 5.75 Å². The predicted molar refractivity (Wildman–Crippen MR) is 109 cm³/mol. The molecule has 1 aliphatic heterocycles. The number of hydrogen-bond donors (Lipinski definition) is 1. The maximum atomic E-state index is 13.0. The molecule has 150 valence electrons. The van der Waals surface area contributed by atoms with Crippen molar-refractivity contribution in [2.24, 2.45) is 11.8 Å². The second-order valence-electron chi connectivity index (χ2n) is 8.38. The standard InChI is InChI=1S/C24H30O4/c1-2-17(13-16-7-6-12-27-15-16)21-14-20(25)23(24(26)28-21)22(19-10-11-19)18-8-4-3-5-9-18/h3-5,8-9,14,16-17,19,22,25H,2,6-7,10-13,15H2,1H3. The van der Waals surface area contributed by atoms with Crippen molar-refractivity contribution in [2.45, 2.75) is 57.3 Å².